The lowest BCUT2D eigenvalue weighted by molar-refractivity contribution is -0.146. The topological polar surface area (TPSA) is 46.9 Å². The van der Waals surface area contributed by atoms with E-state index in [0.29, 0.717) is 5.91 Å². The van der Waals surface area contributed by atoms with E-state index in [1.54, 1.807) is 0 Å². The fourth-order valence-corrected chi connectivity index (χ4v) is 6.52. The normalized spacial score (nSPS) is 32.3. The lowest BCUT2D eigenvalue weighted by Gasteiger charge is -2.55. The van der Waals surface area contributed by atoms with Crippen LogP contribution in [-0.2, 0) is 17.8 Å². The van der Waals surface area contributed by atoms with Crippen LogP contribution in [0.2, 0.25) is 0 Å². The van der Waals surface area contributed by atoms with Crippen molar-refractivity contribution in [3.8, 4) is 0 Å². The van der Waals surface area contributed by atoms with Crippen LogP contribution in [0.25, 0.3) is 11.0 Å². The SMILES string of the molecule is CCn1cc(CCNC(=O)C23CC4CC(CC(C4)C2)C3)c2cccnc21. The van der Waals surface area contributed by atoms with Crippen LogP contribution < -0.4 is 5.32 Å². The van der Waals surface area contributed by atoms with E-state index >= 15 is 0 Å². The van der Waals surface area contributed by atoms with E-state index in [4.69, 9.17) is 0 Å². The van der Waals surface area contributed by atoms with E-state index in [-0.39, 0.29) is 5.41 Å². The molecule has 4 nitrogen and oxygen atoms in total. The van der Waals surface area contributed by atoms with Gasteiger partial charge in [0.2, 0.25) is 5.91 Å². The predicted molar refractivity (Wildman–Crippen MR) is 103 cm³/mol. The summed E-state index contributed by atoms with van der Waals surface area (Å²) < 4.78 is 2.20. The van der Waals surface area contributed by atoms with Crippen molar-refractivity contribution in [2.75, 3.05) is 6.54 Å². The molecule has 1 amide bonds. The van der Waals surface area contributed by atoms with E-state index in [2.05, 4.69) is 34.1 Å². The van der Waals surface area contributed by atoms with E-state index in [0.717, 1.165) is 62.2 Å². The second-order valence-corrected chi connectivity index (χ2v) is 9.02. The predicted octanol–water partition coefficient (Wildman–Crippen LogP) is 3.93. The zero-order chi connectivity index (χ0) is 17.7. The van der Waals surface area contributed by atoms with Gasteiger partial charge in [0.05, 0.1) is 0 Å². The van der Waals surface area contributed by atoms with Gasteiger partial charge < -0.3 is 9.88 Å². The number of hydrogen-bond donors (Lipinski definition) is 1. The highest BCUT2D eigenvalue weighted by atomic mass is 16.2. The van der Waals surface area contributed by atoms with Crippen LogP contribution in [0.4, 0.5) is 0 Å². The molecule has 0 atom stereocenters. The molecule has 2 aromatic rings. The summed E-state index contributed by atoms with van der Waals surface area (Å²) in [6.45, 7) is 3.80. The Morgan fingerprint density at radius 1 is 1.23 bits per heavy atom. The average molecular weight is 351 g/mol. The number of aryl methyl sites for hydroxylation is 1. The van der Waals surface area contributed by atoms with Crippen molar-refractivity contribution in [1.82, 2.24) is 14.9 Å². The summed E-state index contributed by atoms with van der Waals surface area (Å²) in [6.07, 6.45) is 12.5. The third-order valence-electron chi connectivity index (χ3n) is 7.26. The summed E-state index contributed by atoms with van der Waals surface area (Å²) in [7, 11) is 0. The van der Waals surface area contributed by atoms with Gasteiger partial charge in [-0.05, 0) is 87.3 Å². The van der Waals surface area contributed by atoms with Crippen LogP contribution in [-0.4, -0.2) is 22.0 Å². The van der Waals surface area contributed by atoms with Crippen LogP contribution in [0, 0.1) is 23.2 Å². The van der Waals surface area contributed by atoms with E-state index in [9.17, 15) is 4.79 Å². The summed E-state index contributed by atoms with van der Waals surface area (Å²) in [5.74, 6) is 2.80. The van der Waals surface area contributed by atoms with Crippen molar-refractivity contribution >= 4 is 16.9 Å². The maximum absolute atomic E-state index is 13.1. The molecule has 0 radical (unpaired) electrons. The first kappa shape index (κ1) is 16.3. The summed E-state index contributed by atoms with van der Waals surface area (Å²) in [5.41, 5.74) is 2.31. The number of pyridine rings is 1. The molecule has 0 aliphatic heterocycles. The summed E-state index contributed by atoms with van der Waals surface area (Å²) in [4.78, 5) is 17.6. The highest BCUT2D eigenvalue weighted by molar-refractivity contribution is 5.83. The molecular formula is C22H29N3O. The number of carbonyl (C=O) groups is 1. The van der Waals surface area contributed by atoms with Crippen molar-refractivity contribution in [2.24, 2.45) is 23.2 Å². The Morgan fingerprint density at radius 3 is 2.58 bits per heavy atom. The Morgan fingerprint density at radius 2 is 1.92 bits per heavy atom. The Hall–Kier alpha value is -1.84. The van der Waals surface area contributed by atoms with Crippen molar-refractivity contribution in [3.05, 3.63) is 30.1 Å². The van der Waals surface area contributed by atoms with Crippen LogP contribution >= 0.6 is 0 Å². The smallest absolute Gasteiger partial charge is 0.226 e. The first-order valence-corrected chi connectivity index (χ1v) is 10.4. The minimum Gasteiger partial charge on any atom is -0.355 e. The quantitative estimate of drug-likeness (QED) is 0.887. The van der Waals surface area contributed by atoms with Crippen molar-refractivity contribution in [3.63, 3.8) is 0 Å². The highest BCUT2D eigenvalue weighted by Gasteiger charge is 2.54. The maximum Gasteiger partial charge on any atom is 0.226 e. The van der Waals surface area contributed by atoms with Gasteiger partial charge >= 0.3 is 0 Å². The first-order valence-electron chi connectivity index (χ1n) is 10.4. The number of aromatic nitrogens is 2. The molecule has 4 aliphatic carbocycles. The molecule has 4 heteroatoms. The lowest BCUT2D eigenvalue weighted by atomic mass is 9.49. The van der Waals surface area contributed by atoms with Crippen LogP contribution in [0.15, 0.2) is 24.5 Å². The molecule has 4 aliphatic rings. The molecule has 1 N–H and O–H groups in total. The van der Waals surface area contributed by atoms with Crippen molar-refractivity contribution in [1.29, 1.82) is 0 Å². The molecule has 0 aromatic carbocycles. The molecule has 4 saturated carbocycles. The molecule has 0 saturated heterocycles. The van der Waals surface area contributed by atoms with Crippen LogP contribution in [0.3, 0.4) is 0 Å². The Bertz CT molecular complexity index is 802. The zero-order valence-corrected chi connectivity index (χ0v) is 15.7. The van der Waals surface area contributed by atoms with Crippen molar-refractivity contribution in [2.45, 2.75) is 58.4 Å². The number of fused-ring (bicyclic) bond motifs is 1. The van der Waals surface area contributed by atoms with Gasteiger partial charge in [0.1, 0.15) is 5.65 Å². The Balaban J connectivity index is 1.27. The molecule has 4 fully saturated rings. The van der Waals surface area contributed by atoms with Gasteiger partial charge in [-0.2, -0.15) is 0 Å². The van der Waals surface area contributed by atoms with Gasteiger partial charge in [-0.1, -0.05) is 0 Å². The number of nitrogens with zero attached hydrogens (tertiary/aromatic N) is 2. The van der Waals surface area contributed by atoms with Crippen molar-refractivity contribution < 1.29 is 4.79 Å². The largest absolute Gasteiger partial charge is 0.355 e. The molecule has 2 aromatic heterocycles. The fourth-order valence-electron chi connectivity index (χ4n) is 6.52. The second-order valence-electron chi connectivity index (χ2n) is 9.02. The van der Waals surface area contributed by atoms with Crippen LogP contribution in [0.1, 0.15) is 51.0 Å². The minimum absolute atomic E-state index is 0.0340. The van der Waals surface area contributed by atoms with Crippen LogP contribution in [0.5, 0.6) is 0 Å². The Labute approximate surface area is 155 Å². The second kappa shape index (κ2) is 6.11. The van der Waals surface area contributed by atoms with E-state index < -0.39 is 0 Å². The molecule has 138 valence electrons. The number of rotatable bonds is 5. The standard InChI is InChI=1S/C22H29N3O/c1-2-25-14-18(19-4-3-6-23-20(19)25)5-7-24-21(26)22-11-15-8-16(12-22)10-17(9-15)13-22/h3-4,6,14-17H,2,5,7-13H2,1H3,(H,24,26). The first-order chi connectivity index (χ1) is 12.7. The Kier molecular flexibility index (Phi) is 3.84. The molecular weight excluding hydrogens is 322 g/mol. The van der Waals surface area contributed by atoms with Gasteiger partial charge in [-0.25, -0.2) is 4.98 Å². The molecule has 0 unspecified atom stereocenters. The van der Waals surface area contributed by atoms with E-state index in [1.165, 1.54) is 30.2 Å². The molecule has 0 spiro atoms. The molecule has 6 rings (SSSR count). The van der Waals surface area contributed by atoms with E-state index in [1.807, 2.05) is 12.3 Å². The molecule has 26 heavy (non-hydrogen) atoms. The van der Waals surface area contributed by atoms with Gasteiger partial charge in [0.25, 0.3) is 0 Å². The third kappa shape index (κ3) is 2.57. The number of amides is 1. The lowest BCUT2D eigenvalue weighted by Crippen LogP contribution is -2.53. The molecule has 4 bridgehead atoms. The third-order valence-corrected chi connectivity index (χ3v) is 7.26. The highest BCUT2D eigenvalue weighted by Crippen LogP contribution is 2.60. The fraction of sp³-hybridized carbons (Fsp3) is 0.636. The zero-order valence-electron chi connectivity index (χ0n) is 15.7. The number of carbonyl (C=O) groups excluding carboxylic acids is 1. The number of nitrogens with one attached hydrogen (secondary N) is 1. The van der Waals surface area contributed by atoms with Gasteiger partial charge in [0, 0.05) is 36.3 Å². The van der Waals surface area contributed by atoms with Gasteiger partial charge in [-0.15, -0.1) is 0 Å². The van der Waals surface area contributed by atoms with Gasteiger partial charge in [-0.3, -0.25) is 4.79 Å². The summed E-state index contributed by atoms with van der Waals surface area (Å²) in [5, 5.41) is 4.53. The molecule has 2 heterocycles. The summed E-state index contributed by atoms with van der Waals surface area (Å²) in [6, 6.07) is 4.14. The van der Waals surface area contributed by atoms with Gasteiger partial charge in [0.15, 0.2) is 0 Å². The monoisotopic (exact) mass is 351 g/mol. The summed E-state index contributed by atoms with van der Waals surface area (Å²) >= 11 is 0. The minimum atomic E-state index is -0.0340. The average Bonchev–Trinajstić information content (AvgIpc) is 2.99. The maximum atomic E-state index is 13.1. The number of hydrogen-bond acceptors (Lipinski definition) is 2.